The predicted molar refractivity (Wildman–Crippen MR) is 99.6 cm³/mol. The van der Waals surface area contributed by atoms with E-state index >= 15 is 0 Å². The Morgan fingerprint density at radius 1 is 1.29 bits per heavy atom. The monoisotopic (exact) mass is 366 g/mol. The average molecular weight is 367 g/mol. The van der Waals surface area contributed by atoms with Crippen LogP contribution in [0.3, 0.4) is 0 Å². The fraction of sp³-hybridized carbons (Fsp3) is 0.438. The SMILES string of the molecule is CSCc1nnc(SCC(=O)NCCCN(C)c2ccccc2)o1. The number of carbonyl (C=O) groups excluding carboxylic acids is 1. The van der Waals surface area contributed by atoms with Gasteiger partial charge in [-0.1, -0.05) is 30.0 Å². The molecule has 0 fully saturated rings. The van der Waals surface area contributed by atoms with Crippen molar-refractivity contribution >= 4 is 35.1 Å². The minimum absolute atomic E-state index is 0.0213. The quantitative estimate of drug-likeness (QED) is 0.512. The van der Waals surface area contributed by atoms with Crippen LogP contribution in [0.5, 0.6) is 0 Å². The Morgan fingerprint density at radius 3 is 2.83 bits per heavy atom. The molecule has 2 aromatic rings. The van der Waals surface area contributed by atoms with Crippen molar-refractivity contribution in [2.75, 3.05) is 37.0 Å². The topological polar surface area (TPSA) is 71.3 Å². The van der Waals surface area contributed by atoms with Crippen molar-refractivity contribution in [3.63, 3.8) is 0 Å². The molecule has 0 unspecified atom stereocenters. The van der Waals surface area contributed by atoms with E-state index in [9.17, 15) is 4.79 Å². The van der Waals surface area contributed by atoms with Crippen LogP contribution in [0.25, 0.3) is 0 Å². The van der Waals surface area contributed by atoms with Gasteiger partial charge in [-0.15, -0.1) is 10.2 Å². The minimum atomic E-state index is -0.0213. The molecule has 0 aliphatic heterocycles. The maximum atomic E-state index is 11.8. The van der Waals surface area contributed by atoms with Crippen molar-refractivity contribution in [2.45, 2.75) is 17.4 Å². The lowest BCUT2D eigenvalue weighted by Crippen LogP contribution is -2.29. The second kappa shape index (κ2) is 10.2. The molecule has 6 nitrogen and oxygen atoms in total. The van der Waals surface area contributed by atoms with Crippen molar-refractivity contribution in [2.24, 2.45) is 0 Å². The first kappa shape index (κ1) is 18.7. The van der Waals surface area contributed by atoms with E-state index in [4.69, 9.17) is 4.42 Å². The lowest BCUT2D eigenvalue weighted by Gasteiger charge is -2.19. The van der Waals surface area contributed by atoms with Crippen LogP contribution in [-0.2, 0) is 10.5 Å². The number of hydrogen-bond acceptors (Lipinski definition) is 7. The van der Waals surface area contributed by atoms with Gasteiger partial charge in [0.15, 0.2) is 0 Å². The summed E-state index contributed by atoms with van der Waals surface area (Å²) in [4.78, 5) is 14.0. The predicted octanol–water partition coefficient (Wildman–Crippen LogP) is 2.67. The molecule has 130 valence electrons. The van der Waals surface area contributed by atoms with Gasteiger partial charge in [-0.25, -0.2) is 0 Å². The molecule has 1 amide bonds. The van der Waals surface area contributed by atoms with Gasteiger partial charge in [0.2, 0.25) is 11.8 Å². The molecular formula is C16H22N4O2S2. The highest BCUT2D eigenvalue weighted by molar-refractivity contribution is 7.99. The standard InChI is InChI=1S/C16H22N4O2S2/c1-20(13-7-4-3-5-8-13)10-6-9-17-14(21)11-24-16-19-18-15(22-16)12-23-2/h3-5,7-8H,6,9-12H2,1-2H3,(H,17,21). The number of anilines is 1. The Bertz CT molecular complexity index is 622. The lowest BCUT2D eigenvalue weighted by molar-refractivity contribution is -0.118. The molecule has 1 aromatic carbocycles. The van der Waals surface area contributed by atoms with Gasteiger partial charge in [0.1, 0.15) is 0 Å². The van der Waals surface area contributed by atoms with Crippen LogP contribution in [0.4, 0.5) is 5.69 Å². The van der Waals surface area contributed by atoms with Crippen molar-refractivity contribution in [3.8, 4) is 0 Å². The van der Waals surface area contributed by atoms with Crippen LogP contribution in [-0.4, -0.2) is 48.3 Å². The summed E-state index contributed by atoms with van der Waals surface area (Å²) in [6.07, 6.45) is 2.86. The number of hydrogen-bond donors (Lipinski definition) is 1. The molecule has 0 aliphatic carbocycles. The summed E-state index contributed by atoms with van der Waals surface area (Å²) in [6.45, 7) is 1.54. The summed E-state index contributed by atoms with van der Waals surface area (Å²) in [7, 11) is 2.05. The third-order valence-corrected chi connectivity index (χ3v) is 4.59. The Labute approximate surface area is 150 Å². The zero-order valence-corrected chi connectivity index (χ0v) is 15.5. The summed E-state index contributed by atoms with van der Waals surface area (Å²) in [5, 5.41) is 11.2. The largest absolute Gasteiger partial charge is 0.415 e. The highest BCUT2D eigenvalue weighted by Gasteiger charge is 2.09. The number of para-hydroxylation sites is 1. The van der Waals surface area contributed by atoms with Crippen LogP contribution >= 0.6 is 23.5 Å². The van der Waals surface area contributed by atoms with E-state index in [0.717, 1.165) is 13.0 Å². The van der Waals surface area contributed by atoms with Crippen LogP contribution in [0.2, 0.25) is 0 Å². The van der Waals surface area contributed by atoms with E-state index in [-0.39, 0.29) is 11.7 Å². The fourth-order valence-corrected chi connectivity index (χ4v) is 2.99. The summed E-state index contributed by atoms with van der Waals surface area (Å²) >= 11 is 2.88. The fourth-order valence-electron chi connectivity index (χ4n) is 2.01. The maximum Gasteiger partial charge on any atom is 0.277 e. The second-order valence-corrected chi connectivity index (χ2v) is 6.94. The van der Waals surface area contributed by atoms with Crippen LogP contribution in [0.1, 0.15) is 12.3 Å². The third-order valence-electron chi connectivity index (χ3n) is 3.23. The molecule has 1 N–H and O–H groups in total. The van der Waals surface area contributed by atoms with Crippen molar-refractivity contribution < 1.29 is 9.21 Å². The van der Waals surface area contributed by atoms with Crippen molar-refractivity contribution in [1.82, 2.24) is 15.5 Å². The van der Waals surface area contributed by atoms with E-state index < -0.39 is 0 Å². The molecule has 0 radical (unpaired) electrons. The van der Waals surface area contributed by atoms with Gasteiger partial charge in [0.25, 0.3) is 5.22 Å². The van der Waals surface area contributed by atoms with E-state index in [0.29, 0.717) is 23.4 Å². The number of carbonyl (C=O) groups is 1. The normalized spacial score (nSPS) is 10.6. The summed E-state index contributed by atoms with van der Waals surface area (Å²) < 4.78 is 5.41. The van der Waals surface area contributed by atoms with Gasteiger partial charge < -0.3 is 14.6 Å². The summed E-state index contributed by atoms with van der Waals surface area (Å²) in [5.74, 6) is 1.55. The molecule has 0 saturated heterocycles. The molecule has 1 aromatic heterocycles. The molecule has 0 aliphatic rings. The number of aromatic nitrogens is 2. The first-order chi connectivity index (χ1) is 11.7. The molecule has 0 saturated carbocycles. The van der Waals surface area contributed by atoms with Crippen molar-refractivity contribution in [3.05, 3.63) is 36.2 Å². The van der Waals surface area contributed by atoms with Crippen LogP contribution < -0.4 is 10.2 Å². The van der Waals surface area contributed by atoms with E-state index in [1.54, 1.807) is 11.8 Å². The minimum Gasteiger partial charge on any atom is -0.415 e. The molecule has 8 heteroatoms. The van der Waals surface area contributed by atoms with Crippen molar-refractivity contribution in [1.29, 1.82) is 0 Å². The molecule has 0 bridgehead atoms. The van der Waals surface area contributed by atoms with E-state index in [2.05, 4.69) is 39.6 Å². The number of thioether (sulfide) groups is 2. The first-order valence-electron chi connectivity index (χ1n) is 7.66. The zero-order valence-electron chi connectivity index (χ0n) is 13.9. The molecule has 24 heavy (non-hydrogen) atoms. The summed E-state index contributed by atoms with van der Waals surface area (Å²) in [5.41, 5.74) is 1.18. The average Bonchev–Trinajstić information content (AvgIpc) is 3.05. The Morgan fingerprint density at radius 2 is 2.08 bits per heavy atom. The van der Waals surface area contributed by atoms with Gasteiger partial charge in [-0.05, 0) is 24.8 Å². The van der Waals surface area contributed by atoms with Gasteiger partial charge in [-0.2, -0.15) is 11.8 Å². The number of benzene rings is 1. The van der Waals surface area contributed by atoms with Gasteiger partial charge in [-0.3, -0.25) is 4.79 Å². The van der Waals surface area contributed by atoms with E-state index in [1.807, 2.05) is 24.5 Å². The van der Waals surface area contributed by atoms with Gasteiger partial charge in [0, 0.05) is 25.8 Å². The lowest BCUT2D eigenvalue weighted by atomic mass is 10.3. The number of nitrogens with one attached hydrogen (secondary N) is 1. The van der Waals surface area contributed by atoms with Gasteiger partial charge >= 0.3 is 0 Å². The smallest absolute Gasteiger partial charge is 0.277 e. The Hall–Kier alpha value is -1.67. The van der Waals surface area contributed by atoms with E-state index in [1.165, 1.54) is 17.4 Å². The molecule has 1 heterocycles. The highest BCUT2D eigenvalue weighted by atomic mass is 32.2. The zero-order chi connectivity index (χ0) is 17.2. The Balaban J connectivity index is 1.59. The number of nitrogens with zero attached hydrogens (tertiary/aromatic N) is 3. The number of rotatable bonds is 10. The second-order valence-electron chi connectivity index (χ2n) is 5.14. The first-order valence-corrected chi connectivity index (χ1v) is 10.0. The number of amides is 1. The summed E-state index contributed by atoms with van der Waals surface area (Å²) in [6, 6.07) is 10.2. The molecule has 0 spiro atoms. The third kappa shape index (κ3) is 6.45. The molecule has 0 atom stereocenters. The van der Waals surface area contributed by atoms with Crippen LogP contribution in [0.15, 0.2) is 40.0 Å². The van der Waals surface area contributed by atoms with Crippen LogP contribution in [0, 0.1) is 0 Å². The molecular weight excluding hydrogens is 344 g/mol. The Kier molecular flexibility index (Phi) is 7.97. The maximum absolute atomic E-state index is 11.8. The van der Waals surface area contributed by atoms with Gasteiger partial charge in [0.05, 0.1) is 11.5 Å². The molecule has 2 rings (SSSR count). The highest BCUT2D eigenvalue weighted by Crippen LogP contribution is 2.17.